The van der Waals surface area contributed by atoms with Crippen LogP contribution in [0.1, 0.15) is 22.8 Å². The number of ketones is 1. The van der Waals surface area contributed by atoms with Gasteiger partial charge in [0.15, 0.2) is 5.78 Å². The van der Waals surface area contributed by atoms with E-state index < -0.39 is 0 Å². The molecule has 1 atom stereocenters. The summed E-state index contributed by atoms with van der Waals surface area (Å²) in [6.07, 6.45) is 0.417. The predicted molar refractivity (Wildman–Crippen MR) is 67.3 cm³/mol. The summed E-state index contributed by atoms with van der Waals surface area (Å²) in [6.45, 7) is 5.15. The molecule has 4 nitrogen and oxygen atoms in total. The van der Waals surface area contributed by atoms with Crippen molar-refractivity contribution in [2.24, 2.45) is 0 Å². The average molecular weight is 248 g/mol. The van der Waals surface area contributed by atoms with Crippen LogP contribution in [0.3, 0.4) is 0 Å². The number of Topliss-reactive ketones (excluding diaryl/α,β-unsaturated/α-hetero) is 1. The van der Waals surface area contributed by atoms with Gasteiger partial charge in [-0.2, -0.15) is 0 Å². The van der Waals surface area contributed by atoms with Crippen molar-refractivity contribution in [1.29, 1.82) is 0 Å². The van der Waals surface area contributed by atoms with Crippen molar-refractivity contribution in [2.45, 2.75) is 19.4 Å². The second-order valence-corrected chi connectivity index (χ2v) is 4.34. The second kappa shape index (κ2) is 4.82. The lowest BCUT2D eigenvalue weighted by Gasteiger charge is -2.11. The molecule has 2 rings (SSSR count). The molecule has 0 radical (unpaired) electrons. The van der Waals surface area contributed by atoms with E-state index in [1.165, 1.54) is 14.0 Å². The Balaban J connectivity index is 2.36. The van der Waals surface area contributed by atoms with Crippen LogP contribution in [0.15, 0.2) is 24.3 Å². The summed E-state index contributed by atoms with van der Waals surface area (Å²) in [6, 6.07) is 3.51. The third-order valence-corrected chi connectivity index (χ3v) is 3.09. The van der Waals surface area contributed by atoms with E-state index in [2.05, 4.69) is 6.58 Å². The van der Waals surface area contributed by atoms with Crippen molar-refractivity contribution in [3.8, 4) is 11.5 Å². The number of rotatable bonds is 4. The van der Waals surface area contributed by atoms with Crippen LogP contribution >= 0.6 is 0 Å². The van der Waals surface area contributed by atoms with Gasteiger partial charge in [0.05, 0.1) is 19.3 Å². The highest BCUT2D eigenvalue weighted by Crippen LogP contribution is 2.36. The Morgan fingerprint density at radius 2 is 2.33 bits per heavy atom. The highest BCUT2D eigenvalue weighted by Gasteiger charge is 2.27. The molecule has 1 aromatic rings. The van der Waals surface area contributed by atoms with E-state index >= 15 is 0 Å². The molecule has 1 heterocycles. The number of benzene rings is 1. The van der Waals surface area contributed by atoms with E-state index in [4.69, 9.17) is 14.6 Å². The lowest BCUT2D eigenvalue weighted by molar-refractivity contribution is 0.101. The average Bonchev–Trinajstić information content (AvgIpc) is 2.78. The zero-order valence-electron chi connectivity index (χ0n) is 10.5. The fraction of sp³-hybridized carbons (Fsp3) is 0.357. The maximum absolute atomic E-state index is 11.5. The topological polar surface area (TPSA) is 55.8 Å². The van der Waals surface area contributed by atoms with Gasteiger partial charge in [0, 0.05) is 12.0 Å². The number of carbonyl (C=O) groups is 1. The molecular formula is C14H16O4. The van der Waals surface area contributed by atoms with E-state index in [9.17, 15) is 4.79 Å². The van der Waals surface area contributed by atoms with Gasteiger partial charge in [0.25, 0.3) is 0 Å². The van der Waals surface area contributed by atoms with Crippen molar-refractivity contribution in [1.82, 2.24) is 0 Å². The number of methoxy groups -OCH3 is 1. The van der Waals surface area contributed by atoms with Crippen LogP contribution in [-0.2, 0) is 6.42 Å². The van der Waals surface area contributed by atoms with Crippen LogP contribution < -0.4 is 9.47 Å². The van der Waals surface area contributed by atoms with Crippen molar-refractivity contribution < 1.29 is 19.4 Å². The molecule has 0 aromatic heterocycles. The molecule has 1 N–H and O–H groups in total. The Bertz CT molecular complexity index is 505. The van der Waals surface area contributed by atoms with Crippen molar-refractivity contribution in [2.75, 3.05) is 13.7 Å². The number of carbonyl (C=O) groups excluding carboxylic acids is 1. The first-order chi connectivity index (χ1) is 8.56. The number of hydrogen-bond acceptors (Lipinski definition) is 4. The van der Waals surface area contributed by atoms with Crippen LogP contribution in [0.25, 0.3) is 0 Å². The van der Waals surface area contributed by atoms with Crippen molar-refractivity contribution in [3.05, 3.63) is 35.4 Å². The van der Waals surface area contributed by atoms with E-state index in [0.717, 1.165) is 5.56 Å². The van der Waals surface area contributed by atoms with Gasteiger partial charge in [-0.05, 0) is 24.6 Å². The SMILES string of the molecule is C=C(CO)C1Cc2cc(OC)c(C(C)=O)cc2O1. The van der Waals surface area contributed by atoms with Crippen molar-refractivity contribution in [3.63, 3.8) is 0 Å². The molecule has 1 aromatic carbocycles. The van der Waals surface area contributed by atoms with Gasteiger partial charge in [-0.15, -0.1) is 0 Å². The first kappa shape index (κ1) is 12.6. The first-order valence-electron chi connectivity index (χ1n) is 5.73. The Kier molecular flexibility index (Phi) is 3.39. The van der Waals surface area contributed by atoms with Gasteiger partial charge in [0.2, 0.25) is 0 Å². The Hall–Kier alpha value is -1.81. The molecule has 4 heteroatoms. The number of aliphatic hydroxyl groups is 1. The van der Waals surface area contributed by atoms with Gasteiger partial charge in [-0.1, -0.05) is 6.58 Å². The molecule has 0 bridgehead atoms. The van der Waals surface area contributed by atoms with Gasteiger partial charge >= 0.3 is 0 Å². The zero-order chi connectivity index (χ0) is 13.3. The van der Waals surface area contributed by atoms with E-state index in [-0.39, 0.29) is 18.5 Å². The minimum absolute atomic E-state index is 0.0670. The third-order valence-electron chi connectivity index (χ3n) is 3.09. The predicted octanol–water partition coefficient (Wildman–Crippen LogP) is 1.75. The highest BCUT2D eigenvalue weighted by atomic mass is 16.5. The molecule has 0 aliphatic carbocycles. The molecule has 0 spiro atoms. The van der Waals surface area contributed by atoms with Crippen LogP contribution in [0.5, 0.6) is 11.5 Å². The molecule has 1 aliphatic heterocycles. The second-order valence-electron chi connectivity index (χ2n) is 4.34. The number of ether oxygens (including phenoxy) is 2. The molecule has 0 saturated carbocycles. The fourth-order valence-electron chi connectivity index (χ4n) is 2.04. The lowest BCUT2D eigenvalue weighted by Crippen LogP contribution is -2.17. The maximum Gasteiger partial charge on any atom is 0.163 e. The summed E-state index contributed by atoms with van der Waals surface area (Å²) in [5, 5.41) is 9.06. The van der Waals surface area contributed by atoms with Crippen LogP contribution in [0.2, 0.25) is 0 Å². The number of fused-ring (bicyclic) bond motifs is 1. The summed E-state index contributed by atoms with van der Waals surface area (Å²) in [5.41, 5.74) is 2.11. The molecule has 1 unspecified atom stereocenters. The summed E-state index contributed by atoms with van der Waals surface area (Å²) >= 11 is 0. The van der Waals surface area contributed by atoms with Crippen molar-refractivity contribution >= 4 is 5.78 Å². The minimum Gasteiger partial charge on any atom is -0.496 e. The molecule has 96 valence electrons. The molecule has 0 saturated heterocycles. The summed E-state index contributed by atoms with van der Waals surface area (Å²) in [7, 11) is 1.54. The maximum atomic E-state index is 11.5. The lowest BCUT2D eigenvalue weighted by atomic mass is 10.0. The first-order valence-corrected chi connectivity index (χ1v) is 5.73. The van der Waals surface area contributed by atoms with Crippen LogP contribution in [-0.4, -0.2) is 30.7 Å². The highest BCUT2D eigenvalue weighted by molar-refractivity contribution is 5.97. The summed E-state index contributed by atoms with van der Waals surface area (Å²) in [4.78, 5) is 11.5. The number of hydrogen-bond donors (Lipinski definition) is 1. The Morgan fingerprint density at radius 3 is 2.89 bits per heavy atom. The largest absolute Gasteiger partial charge is 0.496 e. The van der Waals surface area contributed by atoms with Gasteiger partial charge in [-0.3, -0.25) is 4.79 Å². The van der Waals surface area contributed by atoms with Gasteiger partial charge in [0.1, 0.15) is 17.6 Å². The van der Waals surface area contributed by atoms with E-state index in [0.29, 0.717) is 29.1 Å². The Labute approximate surface area is 106 Å². The Morgan fingerprint density at radius 1 is 1.61 bits per heavy atom. The van der Waals surface area contributed by atoms with E-state index in [1.54, 1.807) is 6.07 Å². The van der Waals surface area contributed by atoms with Gasteiger partial charge in [-0.25, -0.2) is 0 Å². The van der Waals surface area contributed by atoms with Gasteiger partial charge < -0.3 is 14.6 Å². The summed E-state index contributed by atoms with van der Waals surface area (Å²) < 4.78 is 10.9. The molecule has 18 heavy (non-hydrogen) atoms. The fourth-order valence-corrected chi connectivity index (χ4v) is 2.04. The van der Waals surface area contributed by atoms with Crippen LogP contribution in [0, 0.1) is 0 Å². The zero-order valence-corrected chi connectivity index (χ0v) is 10.5. The molecule has 0 fully saturated rings. The normalized spacial score (nSPS) is 16.9. The van der Waals surface area contributed by atoms with E-state index in [1.807, 2.05) is 6.07 Å². The number of aliphatic hydroxyl groups excluding tert-OH is 1. The smallest absolute Gasteiger partial charge is 0.163 e. The summed E-state index contributed by atoms with van der Waals surface area (Å²) in [5.74, 6) is 1.16. The third kappa shape index (κ3) is 2.11. The van der Waals surface area contributed by atoms with Crippen LogP contribution in [0.4, 0.5) is 0 Å². The quantitative estimate of drug-likeness (QED) is 0.651. The standard InChI is InChI=1S/C14H16O4/c1-8(7-15)12-4-10-5-14(17-3)11(9(2)16)6-13(10)18-12/h5-6,12,15H,1,4,7H2,2-3H3. The molecule has 1 aliphatic rings. The molecule has 0 amide bonds. The molecular weight excluding hydrogens is 232 g/mol. The monoisotopic (exact) mass is 248 g/mol. The minimum atomic E-state index is -0.225.